The number of aromatic nitrogens is 4. The molecule has 25 heavy (non-hydrogen) atoms. The molecule has 1 N–H and O–H groups in total. The zero-order valence-corrected chi connectivity index (χ0v) is 13.1. The Morgan fingerprint density at radius 3 is 2.72 bits per heavy atom. The first-order chi connectivity index (χ1) is 12.0. The molecule has 1 atom stereocenters. The topological polar surface area (TPSA) is 81.9 Å². The number of carbonyl (C=O) groups excluding carboxylic acids is 1. The molecule has 0 bridgehead atoms. The number of halogens is 2. The zero-order valence-electron chi connectivity index (χ0n) is 13.1. The minimum atomic E-state index is -1.04. The van der Waals surface area contributed by atoms with Crippen LogP contribution in [0, 0.1) is 11.6 Å². The molecule has 2 heterocycles. The van der Waals surface area contributed by atoms with Crippen molar-refractivity contribution < 1.29 is 18.3 Å². The number of carbonyl (C=O) groups is 1. The second-order valence-corrected chi connectivity index (χ2v) is 5.07. The minimum absolute atomic E-state index is 0.0567. The Balaban J connectivity index is 1.62. The lowest BCUT2D eigenvalue weighted by Gasteiger charge is -2.15. The average molecular weight is 345 g/mol. The van der Waals surface area contributed by atoms with E-state index in [9.17, 15) is 13.6 Å². The van der Waals surface area contributed by atoms with E-state index < -0.39 is 23.6 Å². The highest BCUT2D eigenvalue weighted by Crippen LogP contribution is 2.17. The first-order valence-corrected chi connectivity index (χ1v) is 7.26. The molecule has 128 valence electrons. The Labute approximate surface area is 141 Å². The normalized spacial score (nSPS) is 11.8. The van der Waals surface area contributed by atoms with E-state index >= 15 is 0 Å². The second-order valence-electron chi connectivity index (χ2n) is 5.07. The Morgan fingerprint density at radius 2 is 2.08 bits per heavy atom. The van der Waals surface area contributed by atoms with Crippen LogP contribution in [0.15, 0.2) is 49.2 Å². The van der Waals surface area contributed by atoms with Gasteiger partial charge in [-0.2, -0.15) is 5.10 Å². The monoisotopic (exact) mass is 345 g/mol. The SMILES string of the molecule is CC(Oc1ccc(F)c(F)c1)C(=O)Nc1ccc(-n2cncn2)nc1. The number of hydrogen-bond donors (Lipinski definition) is 1. The lowest BCUT2D eigenvalue weighted by atomic mass is 10.3. The molecule has 2 aromatic heterocycles. The summed E-state index contributed by atoms with van der Waals surface area (Å²) in [5.74, 6) is -1.89. The van der Waals surface area contributed by atoms with E-state index in [4.69, 9.17) is 4.74 Å². The fourth-order valence-electron chi connectivity index (χ4n) is 1.97. The summed E-state index contributed by atoms with van der Waals surface area (Å²) in [4.78, 5) is 20.1. The predicted octanol–water partition coefficient (Wildman–Crippen LogP) is 2.35. The fraction of sp³-hybridized carbons (Fsp3) is 0.125. The quantitative estimate of drug-likeness (QED) is 0.768. The van der Waals surface area contributed by atoms with Gasteiger partial charge >= 0.3 is 0 Å². The summed E-state index contributed by atoms with van der Waals surface area (Å²) >= 11 is 0. The van der Waals surface area contributed by atoms with E-state index in [1.54, 1.807) is 12.1 Å². The number of anilines is 1. The maximum atomic E-state index is 13.2. The number of benzene rings is 1. The van der Waals surface area contributed by atoms with Gasteiger partial charge in [0.15, 0.2) is 23.6 Å². The molecule has 1 unspecified atom stereocenters. The van der Waals surface area contributed by atoms with E-state index in [2.05, 4.69) is 20.4 Å². The molecule has 0 spiro atoms. The summed E-state index contributed by atoms with van der Waals surface area (Å²) in [6, 6.07) is 6.36. The molecule has 0 fully saturated rings. The number of nitrogens with one attached hydrogen (secondary N) is 1. The lowest BCUT2D eigenvalue weighted by molar-refractivity contribution is -0.122. The molecule has 0 saturated carbocycles. The van der Waals surface area contributed by atoms with Crippen LogP contribution in [0.25, 0.3) is 5.82 Å². The minimum Gasteiger partial charge on any atom is -0.481 e. The van der Waals surface area contributed by atoms with Gasteiger partial charge in [-0.05, 0) is 31.2 Å². The van der Waals surface area contributed by atoms with E-state index in [1.165, 1.54) is 36.5 Å². The van der Waals surface area contributed by atoms with Crippen molar-refractivity contribution in [3.63, 3.8) is 0 Å². The molecule has 0 aliphatic carbocycles. The standard InChI is InChI=1S/C16H13F2N5O2/c1-10(25-12-3-4-13(17)14(18)6-12)16(24)22-11-2-5-15(20-7-11)23-9-19-8-21-23/h2-10H,1H3,(H,22,24). The van der Waals surface area contributed by atoms with E-state index in [-0.39, 0.29) is 5.75 Å². The first kappa shape index (κ1) is 16.5. The van der Waals surface area contributed by atoms with Crippen molar-refractivity contribution in [2.75, 3.05) is 5.32 Å². The van der Waals surface area contributed by atoms with Crippen molar-refractivity contribution in [2.24, 2.45) is 0 Å². The van der Waals surface area contributed by atoms with Gasteiger partial charge in [0.25, 0.3) is 5.91 Å². The van der Waals surface area contributed by atoms with Gasteiger partial charge in [0.1, 0.15) is 18.4 Å². The molecule has 0 aliphatic rings. The first-order valence-electron chi connectivity index (χ1n) is 7.26. The van der Waals surface area contributed by atoms with Crippen LogP contribution in [0.3, 0.4) is 0 Å². The van der Waals surface area contributed by atoms with Crippen molar-refractivity contribution in [3.8, 4) is 11.6 Å². The summed E-state index contributed by atoms with van der Waals surface area (Å²) in [6.07, 6.45) is 3.42. The Morgan fingerprint density at radius 1 is 1.24 bits per heavy atom. The van der Waals surface area contributed by atoms with E-state index in [1.807, 2.05) is 0 Å². The molecule has 3 aromatic rings. The van der Waals surface area contributed by atoms with Crippen molar-refractivity contribution in [1.82, 2.24) is 19.7 Å². The number of rotatable bonds is 5. The number of hydrogen-bond acceptors (Lipinski definition) is 5. The molecule has 0 aliphatic heterocycles. The molecule has 3 rings (SSSR count). The molecule has 0 radical (unpaired) electrons. The smallest absolute Gasteiger partial charge is 0.265 e. The molecule has 1 aromatic carbocycles. The zero-order chi connectivity index (χ0) is 17.8. The van der Waals surface area contributed by atoms with Crippen molar-refractivity contribution in [2.45, 2.75) is 13.0 Å². The third-order valence-electron chi connectivity index (χ3n) is 3.24. The second kappa shape index (κ2) is 7.04. The Kier molecular flexibility index (Phi) is 4.64. The van der Waals surface area contributed by atoms with Crippen LogP contribution in [-0.2, 0) is 4.79 Å². The molecule has 1 amide bonds. The van der Waals surface area contributed by atoms with Crippen LogP contribution in [0.5, 0.6) is 5.75 Å². The summed E-state index contributed by atoms with van der Waals surface area (Å²) in [7, 11) is 0. The van der Waals surface area contributed by atoms with Gasteiger partial charge in [0, 0.05) is 6.07 Å². The Bertz CT molecular complexity index is 869. The predicted molar refractivity (Wildman–Crippen MR) is 84.2 cm³/mol. The van der Waals surface area contributed by atoms with Crippen LogP contribution in [0.4, 0.5) is 14.5 Å². The molecule has 9 heteroatoms. The third-order valence-corrected chi connectivity index (χ3v) is 3.24. The highest BCUT2D eigenvalue weighted by molar-refractivity contribution is 5.94. The average Bonchev–Trinajstić information content (AvgIpc) is 3.13. The lowest BCUT2D eigenvalue weighted by Crippen LogP contribution is -2.30. The van der Waals surface area contributed by atoms with Gasteiger partial charge in [-0.3, -0.25) is 4.79 Å². The van der Waals surface area contributed by atoms with Crippen molar-refractivity contribution in [1.29, 1.82) is 0 Å². The summed E-state index contributed by atoms with van der Waals surface area (Å²) in [5.41, 5.74) is 0.453. The Hall–Kier alpha value is -3.36. The summed E-state index contributed by atoms with van der Waals surface area (Å²) < 4.78 is 32.8. The number of amides is 1. The van der Waals surface area contributed by atoms with Gasteiger partial charge in [-0.1, -0.05) is 0 Å². The fourth-order valence-corrected chi connectivity index (χ4v) is 1.97. The maximum absolute atomic E-state index is 13.2. The molecular formula is C16H13F2N5O2. The van der Waals surface area contributed by atoms with Gasteiger partial charge < -0.3 is 10.1 Å². The van der Waals surface area contributed by atoms with Gasteiger partial charge in [0.2, 0.25) is 0 Å². The van der Waals surface area contributed by atoms with E-state index in [0.29, 0.717) is 11.5 Å². The van der Waals surface area contributed by atoms with Crippen molar-refractivity contribution >= 4 is 11.6 Å². The van der Waals surface area contributed by atoms with Crippen LogP contribution in [-0.4, -0.2) is 31.8 Å². The highest BCUT2D eigenvalue weighted by atomic mass is 19.2. The summed E-state index contributed by atoms with van der Waals surface area (Å²) in [5, 5.41) is 6.56. The van der Waals surface area contributed by atoms with Crippen LogP contribution >= 0.6 is 0 Å². The number of nitrogens with zero attached hydrogens (tertiary/aromatic N) is 4. The highest BCUT2D eigenvalue weighted by Gasteiger charge is 2.16. The van der Waals surface area contributed by atoms with Crippen molar-refractivity contribution in [3.05, 3.63) is 60.8 Å². The van der Waals surface area contributed by atoms with Gasteiger partial charge in [0.05, 0.1) is 11.9 Å². The maximum Gasteiger partial charge on any atom is 0.265 e. The molecule has 0 saturated heterocycles. The molecule has 7 nitrogen and oxygen atoms in total. The van der Waals surface area contributed by atoms with Gasteiger partial charge in [-0.15, -0.1) is 0 Å². The summed E-state index contributed by atoms with van der Waals surface area (Å²) in [6.45, 7) is 1.49. The van der Waals surface area contributed by atoms with Crippen LogP contribution in [0.2, 0.25) is 0 Å². The van der Waals surface area contributed by atoms with Gasteiger partial charge in [-0.25, -0.2) is 23.4 Å². The number of ether oxygens (including phenoxy) is 1. The number of pyridine rings is 1. The third kappa shape index (κ3) is 3.94. The largest absolute Gasteiger partial charge is 0.481 e. The van der Waals surface area contributed by atoms with E-state index in [0.717, 1.165) is 12.1 Å². The molecular weight excluding hydrogens is 332 g/mol. The van der Waals surface area contributed by atoms with Crippen LogP contribution in [0.1, 0.15) is 6.92 Å². The van der Waals surface area contributed by atoms with Crippen LogP contribution < -0.4 is 10.1 Å².